The molecule has 238 valence electrons. The van der Waals surface area contributed by atoms with Crippen LogP contribution in [0.2, 0.25) is 0 Å². The Labute approximate surface area is 252 Å². The molecule has 0 bridgehead atoms. The number of aliphatic hydroxyl groups is 3. The van der Waals surface area contributed by atoms with Crippen LogP contribution in [0.4, 0.5) is 0 Å². The zero-order valence-corrected chi connectivity index (χ0v) is 26.9. The summed E-state index contributed by atoms with van der Waals surface area (Å²) in [6, 6.07) is 0. The molecule has 4 saturated carbocycles. The highest BCUT2D eigenvalue weighted by molar-refractivity contribution is 5.76. The van der Waals surface area contributed by atoms with Crippen LogP contribution in [0.25, 0.3) is 0 Å². The lowest BCUT2D eigenvalue weighted by atomic mass is 9.33. The second kappa shape index (κ2) is 10.0. The summed E-state index contributed by atoms with van der Waals surface area (Å²) in [5.41, 5.74) is 0.885. The number of carboxylic acid groups (broad SMARTS) is 1. The first kappa shape index (κ1) is 31.0. The minimum Gasteiger partial charge on any atom is -0.481 e. The Hall–Kier alpha value is -0.990. The first-order valence-corrected chi connectivity index (χ1v) is 16.8. The van der Waals surface area contributed by atoms with Crippen LogP contribution in [0.5, 0.6) is 0 Å². The van der Waals surface area contributed by atoms with E-state index in [1.54, 1.807) is 0 Å². The molecule has 6 rings (SSSR count). The van der Waals surface area contributed by atoms with E-state index < -0.39 is 36.0 Å². The smallest absolute Gasteiger partial charge is 0.310 e. The molecule has 0 spiro atoms. The summed E-state index contributed by atoms with van der Waals surface area (Å²) < 4.78 is 12.1. The van der Waals surface area contributed by atoms with Gasteiger partial charge in [0.1, 0.15) is 18.3 Å². The number of rotatable bonds is 3. The van der Waals surface area contributed by atoms with Gasteiger partial charge in [-0.05, 0) is 109 Å². The third-order valence-electron chi connectivity index (χ3n) is 15.1. The predicted octanol–water partition coefficient (Wildman–Crippen LogP) is 5.55. The van der Waals surface area contributed by atoms with Gasteiger partial charge in [-0.15, -0.1) is 0 Å². The van der Waals surface area contributed by atoms with Gasteiger partial charge < -0.3 is 29.9 Å². The van der Waals surface area contributed by atoms with Crippen molar-refractivity contribution >= 4 is 5.97 Å². The fourth-order valence-corrected chi connectivity index (χ4v) is 12.1. The maximum Gasteiger partial charge on any atom is 0.310 e. The number of carbonyl (C=O) groups is 1. The molecule has 5 aliphatic carbocycles. The van der Waals surface area contributed by atoms with Crippen molar-refractivity contribution in [1.29, 1.82) is 0 Å². The molecular formula is C35H56O7. The third-order valence-corrected chi connectivity index (χ3v) is 15.1. The van der Waals surface area contributed by atoms with E-state index in [1.165, 1.54) is 5.57 Å². The molecule has 1 heterocycles. The van der Waals surface area contributed by atoms with Crippen LogP contribution in [-0.2, 0) is 14.3 Å². The minimum atomic E-state index is -1.27. The number of ether oxygens (including phenoxy) is 2. The monoisotopic (exact) mass is 588 g/mol. The molecule has 6 aliphatic rings. The van der Waals surface area contributed by atoms with Crippen molar-refractivity contribution in [3.05, 3.63) is 11.6 Å². The SMILES string of the molecule is C[C@H]1[C@H](C)CC[C@]2(C(=O)O)CC[C@]3(C)C(=CC[C@@H]4[C@@]5(C)CC[C@H](O[C@H]6OC[C@H](O)[C@@H](O)[C@@H]6O)C(C)(C)[C@@H]5CC[C@]43C)[C@H]12. The van der Waals surface area contributed by atoms with E-state index >= 15 is 0 Å². The van der Waals surface area contributed by atoms with Crippen molar-refractivity contribution in [2.24, 2.45) is 56.7 Å². The second-order valence-corrected chi connectivity index (χ2v) is 16.8. The van der Waals surface area contributed by atoms with Gasteiger partial charge in [0.2, 0.25) is 0 Å². The van der Waals surface area contributed by atoms with Gasteiger partial charge >= 0.3 is 5.97 Å². The molecule has 5 fully saturated rings. The molecule has 14 atom stereocenters. The highest BCUT2D eigenvalue weighted by Crippen LogP contribution is 2.76. The van der Waals surface area contributed by atoms with Gasteiger partial charge in [0.05, 0.1) is 18.1 Å². The number of aliphatic carboxylic acids is 1. The van der Waals surface area contributed by atoms with Crippen LogP contribution in [0.1, 0.15) is 106 Å². The lowest BCUT2D eigenvalue weighted by molar-refractivity contribution is -0.308. The number of allylic oxidation sites excluding steroid dienone is 2. The van der Waals surface area contributed by atoms with Crippen molar-refractivity contribution < 1.29 is 34.7 Å². The van der Waals surface area contributed by atoms with E-state index in [9.17, 15) is 25.2 Å². The largest absolute Gasteiger partial charge is 0.481 e. The Morgan fingerprint density at radius 2 is 1.62 bits per heavy atom. The van der Waals surface area contributed by atoms with Crippen LogP contribution in [-0.4, -0.2) is 63.7 Å². The van der Waals surface area contributed by atoms with Gasteiger partial charge in [0.15, 0.2) is 6.29 Å². The van der Waals surface area contributed by atoms with Crippen LogP contribution in [0, 0.1) is 56.7 Å². The summed E-state index contributed by atoms with van der Waals surface area (Å²) in [4.78, 5) is 13.0. The third kappa shape index (κ3) is 3.98. The average Bonchev–Trinajstić information content (AvgIpc) is 2.92. The number of carboxylic acids is 1. The number of hydrogen-bond donors (Lipinski definition) is 4. The molecule has 42 heavy (non-hydrogen) atoms. The quantitative estimate of drug-likeness (QED) is 0.252. The van der Waals surface area contributed by atoms with E-state index in [1.807, 2.05) is 0 Å². The van der Waals surface area contributed by atoms with Crippen LogP contribution in [0.15, 0.2) is 11.6 Å². The zero-order chi connectivity index (χ0) is 30.6. The Kier molecular flexibility index (Phi) is 7.39. The van der Waals surface area contributed by atoms with Gasteiger partial charge in [-0.2, -0.15) is 0 Å². The van der Waals surface area contributed by atoms with Gasteiger partial charge in [0, 0.05) is 0 Å². The van der Waals surface area contributed by atoms with Gasteiger partial charge in [-0.25, -0.2) is 0 Å². The molecular weight excluding hydrogens is 532 g/mol. The fraction of sp³-hybridized carbons (Fsp3) is 0.914. The van der Waals surface area contributed by atoms with E-state index in [4.69, 9.17) is 9.47 Å². The lowest BCUT2D eigenvalue weighted by Crippen LogP contribution is -2.66. The highest BCUT2D eigenvalue weighted by Gasteiger charge is 2.69. The first-order chi connectivity index (χ1) is 19.5. The molecule has 0 aromatic rings. The molecule has 0 amide bonds. The first-order valence-electron chi connectivity index (χ1n) is 16.8. The zero-order valence-electron chi connectivity index (χ0n) is 26.9. The van der Waals surface area contributed by atoms with E-state index in [0.717, 1.165) is 57.8 Å². The van der Waals surface area contributed by atoms with Crippen molar-refractivity contribution in [3.8, 4) is 0 Å². The summed E-state index contributed by atoms with van der Waals surface area (Å²) in [6.45, 7) is 16.8. The summed E-state index contributed by atoms with van der Waals surface area (Å²) >= 11 is 0. The summed E-state index contributed by atoms with van der Waals surface area (Å²) in [5, 5.41) is 41.4. The van der Waals surface area contributed by atoms with Crippen molar-refractivity contribution in [1.82, 2.24) is 0 Å². The van der Waals surface area contributed by atoms with Gasteiger partial charge in [-0.1, -0.05) is 60.1 Å². The topological polar surface area (TPSA) is 116 Å². The summed E-state index contributed by atoms with van der Waals surface area (Å²) in [5.74, 6) is 1.38. The maximum absolute atomic E-state index is 13.0. The van der Waals surface area contributed by atoms with E-state index in [-0.39, 0.29) is 40.3 Å². The van der Waals surface area contributed by atoms with Crippen molar-refractivity contribution in [2.45, 2.75) is 137 Å². The minimum absolute atomic E-state index is 0.00660. The predicted molar refractivity (Wildman–Crippen MR) is 159 cm³/mol. The van der Waals surface area contributed by atoms with E-state index in [2.05, 4.69) is 54.5 Å². The molecule has 1 saturated heterocycles. The van der Waals surface area contributed by atoms with Gasteiger partial charge in [-0.3, -0.25) is 4.79 Å². The average molecular weight is 589 g/mol. The summed E-state index contributed by atoms with van der Waals surface area (Å²) in [6.07, 6.45) is 6.46. The van der Waals surface area contributed by atoms with Crippen LogP contribution in [0.3, 0.4) is 0 Å². The van der Waals surface area contributed by atoms with E-state index in [0.29, 0.717) is 23.7 Å². The van der Waals surface area contributed by atoms with Crippen LogP contribution >= 0.6 is 0 Å². The van der Waals surface area contributed by atoms with Crippen LogP contribution < -0.4 is 0 Å². The second-order valence-electron chi connectivity index (χ2n) is 16.8. The normalized spacial score (nSPS) is 55.3. The van der Waals surface area contributed by atoms with Gasteiger partial charge in [0.25, 0.3) is 0 Å². The van der Waals surface area contributed by atoms with Crippen molar-refractivity contribution in [3.63, 3.8) is 0 Å². The Bertz CT molecular complexity index is 1120. The maximum atomic E-state index is 13.0. The molecule has 0 aromatic heterocycles. The molecule has 4 N–H and O–H groups in total. The Morgan fingerprint density at radius 1 is 0.905 bits per heavy atom. The molecule has 0 aromatic carbocycles. The lowest BCUT2D eigenvalue weighted by Gasteiger charge is -2.71. The number of aliphatic hydroxyl groups excluding tert-OH is 3. The molecule has 7 heteroatoms. The molecule has 7 nitrogen and oxygen atoms in total. The standard InChI is InChI=1S/C35H56O7/c1-19-10-15-35(30(39)40)17-16-33(6)21(26(35)20(19)2)8-9-24-32(5)13-12-25(31(3,4)23(32)11-14-34(24,33)7)42-29-28(38)27(37)22(36)18-41-29/h8,19-20,22-29,36-38H,9-18H2,1-7H3,(H,39,40)/t19-,20+,22+,23+,24-,25+,26+,27-,28+,29-,32+,33-,34-,35+/m1/s1. The Balaban J connectivity index is 1.31. The fourth-order valence-electron chi connectivity index (χ4n) is 12.1. The number of hydrogen-bond acceptors (Lipinski definition) is 6. The molecule has 0 unspecified atom stereocenters. The van der Waals surface area contributed by atoms with Crippen molar-refractivity contribution in [2.75, 3.05) is 6.61 Å². The summed E-state index contributed by atoms with van der Waals surface area (Å²) in [7, 11) is 0. The highest BCUT2D eigenvalue weighted by atomic mass is 16.7. The number of fused-ring (bicyclic) bond motifs is 7. The molecule has 0 radical (unpaired) electrons. The molecule has 1 aliphatic heterocycles. The Morgan fingerprint density at radius 3 is 2.31 bits per heavy atom.